The van der Waals surface area contributed by atoms with Crippen molar-refractivity contribution < 1.29 is 9.53 Å². The Morgan fingerprint density at radius 3 is 2.80 bits per heavy atom. The smallest absolute Gasteiger partial charge is 0.223 e. The molecule has 1 aromatic rings. The van der Waals surface area contributed by atoms with Gasteiger partial charge in [0, 0.05) is 36.7 Å². The van der Waals surface area contributed by atoms with Crippen molar-refractivity contribution >= 4 is 17.7 Å². The number of rotatable bonds is 6. The lowest BCUT2D eigenvalue weighted by atomic mass is 10.2. The molecular weight excluding hydrogens is 272 g/mol. The van der Waals surface area contributed by atoms with Crippen LogP contribution in [0.25, 0.3) is 0 Å². The van der Waals surface area contributed by atoms with Crippen LogP contribution in [-0.2, 0) is 4.79 Å². The Morgan fingerprint density at radius 2 is 2.20 bits per heavy atom. The van der Waals surface area contributed by atoms with E-state index in [1.54, 1.807) is 18.9 Å². The van der Waals surface area contributed by atoms with Crippen molar-refractivity contribution in [2.75, 3.05) is 33.0 Å². The number of ether oxygens (including phenoxy) is 1. The Hall–Kier alpha value is -1.20. The molecule has 0 bridgehead atoms. The Labute approximate surface area is 124 Å². The van der Waals surface area contributed by atoms with Crippen LogP contribution in [0.15, 0.2) is 29.2 Å². The molecule has 2 rings (SSSR count). The minimum Gasteiger partial charge on any atom is -0.497 e. The van der Waals surface area contributed by atoms with Gasteiger partial charge in [-0.05, 0) is 37.2 Å². The zero-order chi connectivity index (χ0) is 14.4. The third-order valence-electron chi connectivity index (χ3n) is 3.62. The van der Waals surface area contributed by atoms with E-state index in [0.717, 1.165) is 31.0 Å². The predicted octanol–water partition coefficient (Wildman–Crippen LogP) is 2.00. The summed E-state index contributed by atoms with van der Waals surface area (Å²) in [6.45, 7) is 1.94. The summed E-state index contributed by atoms with van der Waals surface area (Å²) in [4.78, 5) is 15.2. The summed E-state index contributed by atoms with van der Waals surface area (Å²) in [7, 11) is 3.58. The highest BCUT2D eigenvalue weighted by Gasteiger charge is 2.22. The first-order valence-corrected chi connectivity index (χ1v) is 7.92. The molecule has 5 heteroatoms. The summed E-state index contributed by atoms with van der Waals surface area (Å²) < 4.78 is 5.12. The molecule has 0 aliphatic carbocycles. The van der Waals surface area contributed by atoms with E-state index in [4.69, 9.17) is 4.74 Å². The molecule has 0 radical (unpaired) electrons. The minimum absolute atomic E-state index is 0.236. The number of thioether (sulfide) groups is 1. The Bertz CT molecular complexity index is 430. The number of methoxy groups -OCH3 is 1. The van der Waals surface area contributed by atoms with Crippen LogP contribution in [0.2, 0.25) is 0 Å². The van der Waals surface area contributed by atoms with Gasteiger partial charge in [-0.15, -0.1) is 11.8 Å². The number of likely N-dealkylation sites (N-methyl/N-ethyl adjacent to an activating group) is 1. The van der Waals surface area contributed by atoms with Crippen LogP contribution in [0.3, 0.4) is 0 Å². The van der Waals surface area contributed by atoms with Crippen molar-refractivity contribution in [2.24, 2.45) is 0 Å². The van der Waals surface area contributed by atoms with Gasteiger partial charge in [0.25, 0.3) is 0 Å². The van der Waals surface area contributed by atoms with E-state index in [9.17, 15) is 4.79 Å². The minimum atomic E-state index is 0.236. The summed E-state index contributed by atoms with van der Waals surface area (Å²) in [6, 6.07) is 8.31. The number of carbonyl (C=O) groups is 1. The third-order valence-corrected chi connectivity index (χ3v) is 4.63. The molecule has 1 N–H and O–H groups in total. The fourth-order valence-corrected chi connectivity index (χ4v) is 3.12. The average molecular weight is 294 g/mol. The van der Waals surface area contributed by atoms with Crippen molar-refractivity contribution in [3.8, 4) is 5.75 Å². The first-order valence-electron chi connectivity index (χ1n) is 6.94. The molecule has 0 aromatic heterocycles. The highest BCUT2D eigenvalue weighted by atomic mass is 32.2. The third kappa shape index (κ3) is 4.15. The first-order chi connectivity index (χ1) is 9.70. The zero-order valence-electron chi connectivity index (χ0n) is 12.1. The molecule has 1 unspecified atom stereocenters. The van der Waals surface area contributed by atoms with Gasteiger partial charge in [0.15, 0.2) is 0 Å². The van der Waals surface area contributed by atoms with E-state index in [2.05, 4.69) is 5.32 Å². The lowest BCUT2D eigenvalue weighted by molar-refractivity contribution is -0.131. The van der Waals surface area contributed by atoms with Crippen molar-refractivity contribution in [2.45, 2.75) is 23.8 Å². The van der Waals surface area contributed by atoms with E-state index in [0.29, 0.717) is 12.5 Å². The van der Waals surface area contributed by atoms with E-state index in [1.807, 2.05) is 36.2 Å². The molecule has 0 saturated carbocycles. The number of benzene rings is 1. The summed E-state index contributed by atoms with van der Waals surface area (Å²) >= 11 is 1.71. The van der Waals surface area contributed by atoms with E-state index < -0.39 is 0 Å². The van der Waals surface area contributed by atoms with Crippen LogP contribution >= 0.6 is 11.8 Å². The molecule has 110 valence electrons. The molecule has 1 saturated heterocycles. The van der Waals surface area contributed by atoms with Crippen molar-refractivity contribution in [1.82, 2.24) is 10.2 Å². The quantitative estimate of drug-likeness (QED) is 0.815. The molecular formula is C15H22N2O2S. The van der Waals surface area contributed by atoms with Gasteiger partial charge in [0.2, 0.25) is 5.91 Å². The van der Waals surface area contributed by atoms with Crippen molar-refractivity contribution in [3.05, 3.63) is 24.3 Å². The SMILES string of the molecule is COc1ccc(SCCC(=O)N(C)C2CCNC2)cc1. The van der Waals surface area contributed by atoms with Crippen LogP contribution in [-0.4, -0.2) is 49.8 Å². The zero-order valence-corrected chi connectivity index (χ0v) is 12.9. The summed E-state index contributed by atoms with van der Waals surface area (Å²) in [6.07, 6.45) is 1.65. The maximum Gasteiger partial charge on any atom is 0.223 e. The molecule has 1 aliphatic rings. The fraction of sp³-hybridized carbons (Fsp3) is 0.533. The van der Waals surface area contributed by atoms with Crippen molar-refractivity contribution in [3.63, 3.8) is 0 Å². The van der Waals surface area contributed by atoms with Gasteiger partial charge in [0.05, 0.1) is 7.11 Å². The fourth-order valence-electron chi connectivity index (χ4n) is 2.28. The van der Waals surface area contributed by atoms with Gasteiger partial charge in [-0.2, -0.15) is 0 Å². The van der Waals surface area contributed by atoms with Crippen LogP contribution in [0.5, 0.6) is 5.75 Å². The Balaban J connectivity index is 1.72. The van der Waals surface area contributed by atoms with Crippen molar-refractivity contribution in [1.29, 1.82) is 0 Å². The van der Waals surface area contributed by atoms with E-state index in [1.165, 1.54) is 4.90 Å². The number of carbonyl (C=O) groups excluding carboxylic acids is 1. The number of hydrogen-bond acceptors (Lipinski definition) is 4. The van der Waals surface area contributed by atoms with Crippen LogP contribution in [0.1, 0.15) is 12.8 Å². The summed E-state index contributed by atoms with van der Waals surface area (Å²) in [5.41, 5.74) is 0. The second-order valence-electron chi connectivity index (χ2n) is 4.93. The summed E-state index contributed by atoms with van der Waals surface area (Å²) in [5.74, 6) is 1.91. The van der Waals surface area contributed by atoms with Crippen LogP contribution in [0.4, 0.5) is 0 Å². The lowest BCUT2D eigenvalue weighted by Gasteiger charge is -2.23. The van der Waals surface area contributed by atoms with E-state index in [-0.39, 0.29) is 5.91 Å². The standard InChI is InChI=1S/C15H22N2O2S/c1-17(12-7-9-16-11-12)15(18)8-10-20-14-5-3-13(19-2)4-6-14/h3-6,12,16H,7-11H2,1-2H3. The van der Waals surface area contributed by atoms with Gasteiger partial charge < -0.3 is 15.0 Å². The largest absolute Gasteiger partial charge is 0.497 e. The number of amides is 1. The average Bonchev–Trinajstić information content (AvgIpc) is 3.01. The Morgan fingerprint density at radius 1 is 1.45 bits per heavy atom. The molecule has 1 atom stereocenters. The molecule has 20 heavy (non-hydrogen) atoms. The Kier molecular flexibility index (Phi) is 5.73. The molecule has 1 aliphatic heterocycles. The maximum absolute atomic E-state index is 12.1. The number of hydrogen-bond donors (Lipinski definition) is 1. The highest BCUT2D eigenvalue weighted by Crippen LogP contribution is 2.22. The van der Waals surface area contributed by atoms with E-state index >= 15 is 0 Å². The van der Waals surface area contributed by atoms with Gasteiger partial charge in [0.1, 0.15) is 5.75 Å². The molecule has 0 spiro atoms. The van der Waals surface area contributed by atoms with Crippen LogP contribution in [0, 0.1) is 0 Å². The molecule has 1 heterocycles. The molecule has 1 aromatic carbocycles. The van der Waals surface area contributed by atoms with Gasteiger partial charge >= 0.3 is 0 Å². The maximum atomic E-state index is 12.1. The normalized spacial score (nSPS) is 18.0. The molecule has 1 amide bonds. The summed E-state index contributed by atoms with van der Waals surface area (Å²) in [5, 5.41) is 3.29. The topological polar surface area (TPSA) is 41.6 Å². The van der Waals surface area contributed by atoms with Crippen LogP contribution < -0.4 is 10.1 Å². The highest BCUT2D eigenvalue weighted by molar-refractivity contribution is 7.99. The second kappa shape index (κ2) is 7.55. The predicted molar refractivity (Wildman–Crippen MR) is 82.4 cm³/mol. The monoisotopic (exact) mass is 294 g/mol. The van der Waals surface area contributed by atoms with Gasteiger partial charge in [-0.3, -0.25) is 4.79 Å². The first kappa shape index (κ1) is 15.2. The molecule has 1 fully saturated rings. The number of nitrogens with one attached hydrogen (secondary N) is 1. The van der Waals surface area contributed by atoms with Gasteiger partial charge in [-0.1, -0.05) is 0 Å². The lowest BCUT2D eigenvalue weighted by Crippen LogP contribution is -2.38. The second-order valence-corrected chi connectivity index (χ2v) is 6.09. The molecule has 4 nitrogen and oxygen atoms in total. The van der Waals surface area contributed by atoms with Gasteiger partial charge in [-0.25, -0.2) is 0 Å². The number of nitrogens with zero attached hydrogens (tertiary/aromatic N) is 1.